The van der Waals surface area contributed by atoms with Gasteiger partial charge in [-0.15, -0.1) is 0 Å². The third kappa shape index (κ3) is 3.27. The van der Waals surface area contributed by atoms with Crippen molar-refractivity contribution < 1.29 is 14.9 Å². The molecule has 0 radical (unpaired) electrons. The summed E-state index contributed by atoms with van der Waals surface area (Å²) in [6.45, 7) is 1.87. The van der Waals surface area contributed by atoms with Gasteiger partial charge < -0.3 is 20.3 Å². The number of hydrogen-bond donors (Lipinski definition) is 3. The summed E-state index contributed by atoms with van der Waals surface area (Å²) in [5.41, 5.74) is 1.67. The van der Waals surface area contributed by atoms with Crippen LogP contribution in [0.3, 0.4) is 0 Å². The number of rotatable bonds is 5. The van der Waals surface area contributed by atoms with E-state index in [-0.39, 0.29) is 13.2 Å². The van der Waals surface area contributed by atoms with Crippen LogP contribution in [0.25, 0.3) is 0 Å². The summed E-state index contributed by atoms with van der Waals surface area (Å²) in [5, 5.41) is 21.5. The van der Waals surface area contributed by atoms with Gasteiger partial charge in [-0.3, -0.25) is 0 Å². The fourth-order valence-electron chi connectivity index (χ4n) is 1.26. The molecule has 1 aromatic rings. The van der Waals surface area contributed by atoms with E-state index in [9.17, 15) is 5.11 Å². The Morgan fingerprint density at radius 2 is 2.19 bits per heavy atom. The summed E-state index contributed by atoms with van der Waals surface area (Å²) >= 11 is 5.96. The molecule has 5 heteroatoms. The van der Waals surface area contributed by atoms with Gasteiger partial charge in [0.1, 0.15) is 5.75 Å². The van der Waals surface area contributed by atoms with E-state index in [1.54, 1.807) is 13.2 Å². The number of nitrogens with one attached hydrogen (secondary N) is 1. The highest BCUT2D eigenvalue weighted by Gasteiger charge is 2.08. The lowest BCUT2D eigenvalue weighted by molar-refractivity contribution is 0.105. The maximum atomic E-state index is 9.23. The largest absolute Gasteiger partial charge is 0.495 e. The van der Waals surface area contributed by atoms with Crippen LogP contribution in [-0.2, 0) is 0 Å². The number of aliphatic hydroxyl groups is 2. The van der Waals surface area contributed by atoms with Gasteiger partial charge in [0, 0.05) is 17.6 Å². The van der Waals surface area contributed by atoms with Gasteiger partial charge in [0.15, 0.2) is 0 Å². The van der Waals surface area contributed by atoms with Crippen LogP contribution in [-0.4, -0.2) is 36.6 Å². The van der Waals surface area contributed by atoms with Gasteiger partial charge in [0.05, 0.1) is 25.5 Å². The Labute approximate surface area is 99.8 Å². The Balaban J connectivity index is 2.81. The highest BCUT2D eigenvalue weighted by Crippen LogP contribution is 2.30. The van der Waals surface area contributed by atoms with Crippen molar-refractivity contribution in [1.29, 1.82) is 0 Å². The zero-order valence-electron chi connectivity index (χ0n) is 9.33. The molecule has 4 nitrogen and oxygen atoms in total. The van der Waals surface area contributed by atoms with Gasteiger partial charge in [-0.05, 0) is 18.6 Å². The second-order valence-electron chi connectivity index (χ2n) is 3.52. The Kier molecular flexibility index (Phi) is 4.86. The normalized spacial score (nSPS) is 12.3. The highest BCUT2D eigenvalue weighted by atomic mass is 35.5. The van der Waals surface area contributed by atoms with E-state index in [0.717, 1.165) is 11.3 Å². The SMILES string of the molecule is COc1cc(Cl)c(C)cc1NC[C@H](O)CO. The third-order valence-electron chi connectivity index (χ3n) is 2.22. The highest BCUT2D eigenvalue weighted by molar-refractivity contribution is 6.31. The van der Waals surface area contributed by atoms with E-state index in [0.29, 0.717) is 10.8 Å². The fourth-order valence-corrected chi connectivity index (χ4v) is 1.42. The molecule has 90 valence electrons. The van der Waals surface area contributed by atoms with Crippen molar-refractivity contribution in [2.24, 2.45) is 0 Å². The molecule has 0 heterocycles. The zero-order valence-corrected chi connectivity index (χ0v) is 10.1. The standard InChI is InChI=1S/C11H16ClNO3/c1-7-3-10(13-5-8(15)6-14)11(16-2)4-9(7)12/h3-4,8,13-15H,5-6H2,1-2H3/t8-/m0/s1. The van der Waals surface area contributed by atoms with Gasteiger partial charge in [-0.25, -0.2) is 0 Å². The van der Waals surface area contributed by atoms with E-state index in [4.69, 9.17) is 21.4 Å². The minimum absolute atomic E-state index is 0.258. The van der Waals surface area contributed by atoms with E-state index in [1.165, 1.54) is 0 Å². The van der Waals surface area contributed by atoms with Crippen LogP contribution in [0.1, 0.15) is 5.56 Å². The van der Waals surface area contributed by atoms with Gasteiger partial charge in [0.2, 0.25) is 0 Å². The predicted molar refractivity (Wildman–Crippen MR) is 64.3 cm³/mol. The number of aliphatic hydroxyl groups excluding tert-OH is 2. The van der Waals surface area contributed by atoms with Crippen LogP contribution in [0.15, 0.2) is 12.1 Å². The van der Waals surface area contributed by atoms with Crippen molar-refractivity contribution in [3.8, 4) is 5.75 Å². The molecule has 0 fully saturated rings. The first-order valence-corrected chi connectivity index (χ1v) is 5.33. The first-order valence-electron chi connectivity index (χ1n) is 4.95. The van der Waals surface area contributed by atoms with Crippen molar-refractivity contribution in [2.75, 3.05) is 25.6 Å². The van der Waals surface area contributed by atoms with Crippen molar-refractivity contribution in [1.82, 2.24) is 0 Å². The van der Waals surface area contributed by atoms with E-state index < -0.39 is 6.10 Å². The number of ether oxygens (including phenoxy) is 1. The van der Waals surface area contributed by atoms with Crippen molar-refractivity contribution in [3.05, 3.63) is 22.7 Å². The van der Waals surface area contributed by atoms with Crippen molar-refractivity contribution >= 4 is 17.3 Å². The van der Waals surface area contributed by atoms with Crippen LogP contribution in [0.4, 0.5) is 5.69 Å². The van der Waals surface area contributed by atoms with Gasteiger partial charge in [-0.2, -0.15) is 0 Å². The molecule has 0 spiro atoms. The Morgan fingerprint density at radius 1 is 1.50 bits per heavy atom. The molecule has 1 atom stereocenters. The van der Waals surface area contributed by atoms with Crippen LogP contribution < -0.4 is 10.1 Å². The van der Waals surface area contributed by atoms with Gasteiger partial charge >= 0.3 is 0 Å². The fraction of sp³-hybridized carbons (Fsp3) is 0.455. The molecule has 1 rings (SSSR count). The molecular weight excluding hydrogens is 230 g/mol. The van der Waals surface area contributed by atoms with Gasteiger partial charge in [0.25, 0.3) is 0 Å². The maximum absolute atomic E-state index is 9.23. The summed E-state index contributed by atoms with van der Waals surface area (Å²) in [7, 11) is 1.55. The minimum atomic E-state index is -0.791. The lowest BCUT2D eigenvalue weighted by Crippen LogP contribution is -2.23. The summed E-state index contributed by atoms with van der Waals surface area (Å²) in [5.74, 6) is 0.612. The Morgan fingerprint density at radius 3 is 2.75 bits per heavy atom. The number of hydrogen-bond acceptors (Lipinski definition) is 4. The van der Waals surface area contributed by atoms with Crippen molar-refractivity contribution in [3.63, 3.8) is 0 Å². The average molecular weight is 246 g/mol. The molecule has 0 unspecified atom stereocenters. The molecule has 0 amide bonds. The second-order valence-corrected chi connectivity index (χ2v) is 3.93. The lowest BCUT2D eigenvalue weighted by atomic mass is 10.2. The maximum Gasteiger partial charge on any atom is 0.143 e. The molecule has 0 aromatic heterocycles. The summed E-state index contributed by atoms with van der Waals surface area (Å²) in [6.07, 6.45) is -0.791. The van der Waals surface area contributed by atoms with Crippen molar-refractivity contribution in [2.45, 2.75) is 13.0 Å². The molecule has 0 saturated heterocycles. The van der Waals surface area contributed by atoms with Crippen LogP contribution >= 0.6 is 11.6 Å². The van der Waals surface area contributed by atoms with Crippen LogP contribution in [0.2, 0.25) is 5.02 Å². The molecule has 0 aliphatic carbocycles. The van der Waals surface area contributed by atoms with E-state index in [1.807, 2.05) is 13.0 Å². The summed E-state index contributed by atoms with van der Waals surface area (Å²) < 4.78 is 5.16. The predicted octanol–water partition coefficient (Wildman–Crippen LogP) is 1.42. The zero-order chi connectivity index (χ0) is 12.1. The number of methoxy groups -OCH3 is 1. The molecule has 0 aliphatic rings. The molecule has 0 saturated carbocycles. The van der Waals surface area contributed by atoms with Gasteiger partial charge in [-0.1, -0.05) is 11.6 Å². The quantitative estimate of drug-likeness (QED) is 0.734. The first kappa shape index (κ1) is 13.1. The second kappa shape index (κ2) is 5.94. The number of benzene rings is 1. The first-order chi connectivity index (χ1) is 7.58. The topological polar surface area (TPSA) is 61.7 Å². The van der Waals surface area contributed by atoms with E-state index >= 15 is 0 Å². The van der Waals surface area contributed by atoms with Crippen LogP contribution in [0, 0.1) is 6.92 Å². The molecule has 16 heavy (non-hydrogen) atoms. The number of anilines is 1. The molecule has 1 aromatic carbocycles. The Hall–Kier alpha value is -0.970. The number of aryl methyl sites for hydroxylation is 1. The monoisotopic (exact) mass is 245 g/mol. The average Bonchev–Trinajstić information content (AvgIpc) is 2.29. The lowest BCUT2D eigenvalue weighted by Gasteiger charge is -2.14. The molecule has 3 N–H and O–H groups in total. The minimum Gasteiger partial charge on any atom is -0.495 e. The smallest absolute Gasteiger partial charge is 0.143 e. The Bertz CT molecular complexity index is 357. The molecule has 0 aliphatic heterocycles. The van der Waals surface area contributed by atoms with E-state index in [2.05, 4.69) is 5.32 Å². The third-order valence-corrected chi connectivity index (χ3v) is 2.63. The summed E-state index contributed by atoms with van der Waals surface area (Å²) in [4.78, 5) is 0. The number of halogens is 1. The molecule has 0 bridgehead atoms. The molecular formula is C11H16ClNO3. The summed E-state index contributed by atoms with van der Waals surface area (Å²) in [6, 6.07) is 3.55. The van der Waals surface area contributed by atoms with Crippen LogP contribution in [0.5, 0.6) is 5.75 Å².